The van der Waals surface area contributed by atoms with E-state index in [2.05, 4.69) is 12.1 Å². The fourth-order valence-corrected chi connectivity index (χ4v) is 1.86. The number of rotatable bonds is 8. The van der Waals surface area contributed by atoms with Crippen molar-refractivity contribution in [2.75, 3.05) is 6.61 Å². The lowest BCUT2D eigenvalue weighted by Crippen LogP contribution is -2.51. The molecule has 0 spiro atoms. The summed E-state index contributed by atoms with van der Waals surface area (Å²) in [5, 5.41) is 61.5. The van der Waals surface area contributed by atoms with Crippen LogP contribution in [-0.4, -0.2) is 84.9 Å². The Balaban J connectivity index is 0.000000496. The Bertz CT molecular complexity index is 484. The van der Waals surface area contributed by atoms with Gasteiger partial charge >= 0.3 is 5.97 Å². The minimum Gasteiger partial charge on any atom is -0.479 e. The molecule has 0 radical (unpaired) electrons. The molecular weight excluding hydrogens is 334 g/mol. The third-order valence-electron chi connectivity index (χ3n) is 3.26. The molecule has 9 nitrogen and oxygen atoms in total. The average Bonchev–Trinajstić information content (AvgIpc) is 2.59. The maximum absolute atomic E-state index is 10.2. The second-order valence-electron chi connectivity index (χ2n) is 5.67. The molecule has 1 unspecified atom stereocenters. The van der Waals surface area contributed by atoms with Gasteiger partial charge in [-0.3, -0.25) is 0 Å². The van der Waals surface area contributed by atoms with Gasteiger partial charge in [-0.05, 0) is 18.9 Å². The highest BCUT2D eigenvalue weighted by Gasteiger charge is 2.36. The number of aliphatic hydroxyl groups excluding tert-OH is 6. The summed E-state index contributed by atoms with van der Waals surface area (Å²) in [6.45, 7) is 1.14. The van der Waals surface area contributed by atoms with Gasteiger partial charge in [-0.1, -0.05) is 30.3 Å². The van der Waals surface area contributed by atoms with Gasteiger partial charge in [0, 0.05) is 6.04 Å². The summed E-state index contributed by atoms with van der Waals surface area (Å²) >= 11 is 0. The molecule has 25 heavy (non-hydrogen) atoms. The lowest BCUT2D eigenvalue weighted by atomic mass is 9.99. The van der Waals surface area contributed by atoms with Crippen LogP contribution >= 0.6 is 0 Å². The highest BCUT2D eigenvalue weighted by molar-refractivity contribution is 5.72. The van der Waals surface area contributed by atoms with E-state index in [0.717, 1.165) is 6.42 Å². The summed E-state index contributed by atoms with van der Waals surface area (Å²) in [7, 11) is 0. The fourth-order valence-electron chi connectivity index (χ4n) is 1.86. The molecule has 1 aromatic rings. The Hall–Kier alpha value is -1.59. The molecule has 0 bridgehead atoms. The number of carbonyl (C=O) groups is 1. The molecule has 0 aromatic heterocycles. The molecule has 0 saturated carbocycles. The molecule has 9 heteroatoms. The van der Waals surface area contributed by atoms with Gasteiger partial charge in [0.05, 0.1) is 6.61 Å². The predicted molar refractivity (Wildman–Crippen MR) is 88.6 cm³/mol. The Morgan fingerprint density at radius 2 is 1.52 bits per heavy atom. The van der Waals surface area contributed by atoms with Crippen LogP contribution in [0.2, 0.25) is 0 Å². The fraction of sp³-hybridized carbons (Fsp3) is 0.562. The summed E-state index contributed by atoms with van der Waals surface area (Å²) in [5.41, 5.74) is 6.94. The number of nitrogens with two attached hydrogens (primary N) is 1. The number of carboxylic acid groups (broad SMARTS) is 1. The average molecular weight is 361 g/mol. The lowest BCUT2D eigenvalue weighted by molar-refractivity contribution is -0.169. The van der Waals surface area contributed by atoms with E-state index < -0.39 is 43.1 Å². The number of hydrogen-bond acceptors (Lipinski definition) is 8. The summed E-state index contributed by atoms with van der Waals surface area (Å²) in [6, 6.07) is 10.6. The predicted octanol–water partition coefficient (Wildman–Crippen LogP) is -2.56. The number of aliphatic carboxylic acids is 1. The van der Waals surface area contributed by atoms with Crippen molar-refractivity contribution in [3.8, 4) is 0 Å². The summed E-state index contributed by atoms with van der Waals surface area (Å²) in [5.74, 6) is -1.78. The van der Waals surface area contributed by atoms with Crippen molar-refractivity contribution in [1.82, 2.24) is 0 Å². The second-order valence-corrected chi connectivity index (χ2v) is 5.67. The SMILES string of the molecule is CC(N)Cc1ccccc1.O=C(O)[C@@H](O)[C@@H](O)[C@H](O)[C@@H](O)[C@@H](O)CO. The molecule has 0 amide bonds. The van der Waals surface area contributed by atoms with Crippen molar-refractivity contribution in [3.05, 3.63) is 35.9 Å². The zero-order valence-corrected chi connectivity index (χ0v) is 13.9. The van der Waals surface area contributed by atoms with Crippen LogP contribution in [0.1, 0.15) is 12.5 Å². The van der Waals surface area contributed by atoms with Gasteiger partial charge in [0.15, 0.2) is 6.10 Å². The van der Waals surface area contributed by atoms with Crippen LogP contribution in [0.3, 0.4) is 0 Å². The van der Waals surface area contributed by atoms with E-state index in [4.69, 9.17) is 41.5 Å². The first-order valence-corrected chi connectivity index (χ1v) is 7.65. The zero-order chi connectivity index (χ0) is 19.6. The highest BCUT2D eigenvalue weighted by atomic mass is 16.4. The van der Waals surface area contributed by atoms with Gasteiger partial charge in [0.2, 0.25) is 0 Å². The molecule has 1 rings (SSSR count). The molecule has 0 saturated heterocycles. The molecule has 0 aliphatic carbocycles. The second kappa shape index (κ2) is 11.9. The van der Waals surface area contributed by atoms with Gasteiger partial charge in [-0.25, -0.2) is 4.79 Å². The molecule has 1 aromatic carbocycles. The van der Waals surface area contributed by atoms with Crippen LogP contribution in [-0.2, 0) is 11.2 Å². The van der Waals surface area contributed by atoms with Gasteiger partial charge in [-0.15, -0.1) is 0 Å². The van der Waals surface area contributed by atoms with Crippen molar-refractivity contribution in [1.29, 1.82) is 0 Å². The Labute approximate surface area is 145 Å². The first-order valence-electron chi connectivity index (χ1n) is 7.65. The van der Waals surface area contributed by atoms with Crippen molar-refractivity contribution in [2.45, 2.75) is 49.9 Å². The first-order chi connectivity index (χ1) is 11.6. The van der Waals surface area contributed by atoms with Crippen LogP contribution in [0.5, 0.6) is 0 Å². The van der Waals surface area contributed by atoms with E-state index in [9.17, 15) is 4.79 Å². The van der Waals surface area contributed by atoms with E-state index in [-0.39, 0.29) is 6.04 Å². The Kier molecular flexibility index (Phi) is 11.1. The van der Waals surface area contributed by atoms with Crippen LogP contribution in [0.25, 0.3) is 0 Å². The molecule has 6 atom stereocenters. The van der Waals surface area contributed by atoms with Gasteiger partial charge < -0.3 is 41.5 Å². The minimum absolute atomic E-state index is 0.266. The van der Waals surface area contributed by atoms with Gasteiger partial charge in [0.1, 0.15) is 24.4 Å². The molecular formula is C16H27NO8. The summed E-state index contributed by atoms with van der Waals surface area (Å²) in [6.07, 6.45) is -9.27. The van der Waals surface area contributed by atoms with E-state index >= 15 is 0 Å². The number of hydrogen-bond donors (Lipinski definition) is 8. The quantitative estimate of drug-likeness (QED) is 0.247. The topological polar surface area (TPSA) is 185 Å². The number of benzene rings is 1. The molecule has 0 aliphatic rings. The molecule has 0 heterocycles. The van der Waals surface area contributed by atoms with Crippen LogP contribution in [0, 0.1) is 0 Å². The normalized spacial score (nSPS) is 18.1. The van der Waals surface area contributed by atoms with Gasteiger partial charge in [0.25, 0.3) is 0 Å². The van der Waals surface area contributed by atoms with E-state index in [1.807, 2.05) is 25.1 Å². The highest BCUT2D eigenvalue weighted by Crippen LogP contribution is 2.08. The van der Waals surface area contributed by atoms with E-state index in [0.29, 0.717) is 0 Å². The summed E-state index contributed by atoms with van der Waals surface area (Å²) in [4.78, 5) is 10.2. The Morgan fingerprint density at radius 3 is 1.92 bits per heavy atom. The maximum Gasteiger partial charge on any atom is 0.335 e. The van der Waals surface area contributed by atoms with E-state index in [1.54, 1.807) is 0 Å². The van der Waals surface area contributed by atoms with Crippen molar-refractivity contribution < 1.29 is 40.5 Å². The van der Waals surface area contributed by atoms with Crippen LogP contribution in [0.15, 0.2) is 30.3 Å². The molecule has 0 fully saturated rings. The summed E-state index contributed by atoms with van der Waals surface area (Å²) < 4.78 is 0. The smallest absolute Gasteiger partial charge is 0.335 e. The zero-order valence-electron chi connectivity index (χ0n) is 13.9. The first kappa shape index (κ1) is 23.4. The molecule has 0 aliphatic heterocycles. The minimum atomic E-state index is -2.29. The van der Waals surface area contributed by atoms with Crippen LogP contribution in [0.4, 0.5) is 0 Å². The van der Waals surface area contributed by atoms with Crippen molar-refractivity contribution in [2.24, 2.45) is 5.73 Å². The van der Waals surface area contributed by atoms with Crippen molar-refractivity contribution >= 4 is 5.97 Å². The lowest BCUT2D eigenvalue weighted by Gasteiger charge is -2.26. The van der Waals surface area contributed by atoms with Crippen LogP contribution < -0.4 is 5.73 Å². The number of carboxylic acids is 1. The Morgan fingerprint density at radius 1 is 1.00 bits per heavy atom. The van der Waals surface area contributed by atoms with Crippen molar-refractivity contribution in [3.63, 3.8) is 0 Å². The maximum atomic E-state index is 10.2. The third kappa shape index (κ3) is 8.89. The number of aliphatic hydroxyl groups is 6. The third-order valence-corrected chi connectivity index (χ3v) is 3.26. The molecule has 9 N–H and O–H groups in total. The van der Waals surface area contributed by atoms with Gasteiger partial charge in [-0.2, -0.15) is 0 Å². The monoisotopic (exact) mass is 361 g/mol. The largest absolute Gasteiger partial charge is 0.479 e. The standard InChI is InChI=1S/C9H13N.C7H14O8/c1-8(10)7-9-5-3-2-4-6-9;8-1-2(9)3(10)4(11)5(12)6(13)7(14)15/h2-6,8H,7,10H2,1H3;2-6,8-13H,1H2,(H,14,15)/t;2-,3-,4+,5-,6-/m.0/s1. The molecule has 144 valence electrons. The van der Waals surface area contributed by atoms with E-state index in [1.165, 1.54) is 5.56 Å².